The maximum atomic E-state index is 14.0. The van der Waals surface area contributed by atoms with Crippen LogP contribution >= 0.6 is 0 Å². The molecule has 2 N–H and O–H groups in total. The first-order valence-corrected chi connectivity index (χ1v) is 13.5. The number of carbonyl (C=O) groups excluding carboxylic acids is 3. The largest absolute Gasteiger partial charge is 0.494 e. The fourth-order valence-corrected chi connectivity index (χ4v) is 5.87. The van der Waals surface area contributed by atoms with Crippen LogP contribution < -0.4 is 15.0 Å². The van der Waals surface area contributed by atoms with Gasteiger partial charge in [0.25, 0.3) is 5.69 Å². The minimum atomic E-state index is -1.90. The standard InChI is InChI=1S/C31H29N3O8/c1-3-16-42-24-14-8-21(9-15-24)27-25-26(29(37)33(28(25)36)22-12-6-20(7-13-22)18(2)35)31(32-27,30(38)39)17-19-4-10-23(11-5-19)34(40)41/h4-15,25-27,32H,3,16-17H2,1-2H3,(H,38,39). The van der Waals surface area contributed by atoms with E-state index in [2.05, 4.69) is 5.32 Å². The summed E-state index contributed by atoms with van der Waals surface area (Å²) in [6.07, 6.45) is 0.616. The van der Waals surface area contributed by atoms with Crippen molar-refractivity contribution in [2.75, 3.05) is 11.5 Å². The molecule has 0 bridgehead atoms. The summed E-state index contributed by atoms with van der Waals surface area (Å²) in [4.78, 5) is 64.5. The first kappa shape index (κ1) is 28.6. The second-order valence-electron chi connectivity index (χ2n) is 10.5. The number of carbonyl (C=O) groups is 4. The Morgan fingerprint density at radius 3 is 2.19 bits per heavy atom. The van der Waals surface area contributed by atoms with Crippen LogP contribution in [-0.2, 0) is 20.8 Å². The van der Waals surface area contributed by atoms with Crippen molar-refractivity contribution in [1.29, 1.82) is 0 Å². The molecule has 216 valence electrons. The SMILES string of the molecule is CCCOc1ccc(C2NC(Cc3ccc([N+](=O)[O-])cc3)(C(=O)O)C3C(=O)N(c4ccc(C(C)=O)cc4)C(=O)C23)cc1. The highest BCUT2D eigenvalue weighted by molar-refractivity contribution is 6.24. The van der Waals surface area contributed by atoms with Crippen molar-refractivity contribution in [3.05, 3.63) is 99.6 Å². The Hall–Kier alpha value is -4.90. The van der Waals surface area contributed by atoms with E-state index in [4.69, 9.17) is 4.74 Å². The summed E-state index contributed by atoms with van der Waals surface area (Å²) in [5, 5.41) is 25.0. The zero-order chi connectivity index (χ0) is 30.2. The van der Waals surface area contributed by atoms with Crippen molar-refractivity contribution in [2.45, 2.75) is 38.3 Å². The quantitative estimate of drug-likeness (QED) is 0.158. The Morgan fingerprint density at radius 2 is 1.64 bits per heavy atom. The highest BCUT2D eigenvalue weighted by Gasteiger charge is 2.68. The number of ketones is 1. The van der Waals surface area contributed by atoms with E-state index in [1.165, 1.54) is 55.5 Å². The summed E-state index contributed by atoms with van der Waals surface area (Å²) in [5.41, 5.74) is -0.361. The smallest absolute Gasteiger partial charge is 0.325 e. The zero-order valence-corrected chi connectivity index (χ0v) is 23.0. The molecule has 2 amide bonds. The Balaban J connectivity index is 1.58. The number of aliphatic carboxylic acids is 1. The molecule has 42 heavy (non-hydrogen) atoms. The number of fused-ring (bicyclic) bond motifs is 1. The molecule has 2 heterocycles. The highest BCUT2D eigenvalue weighted by atomic mass is 16.6. The van der Waals surface area contributed by atoms with Crippen LogP contribution in [0.2, 0.25) is 0 Å². The van der Waals surface area contributed by atoms with Crippen LogP contribution in [0.1, 0.15) is 47.8 Å². The third-order valence-corrected chi connectivity index (χ3v) is 7.91. The third-order valence-electron chi connectivity index (χ3n) is 7.91. The maximum absolute atomic E-state index is 14.0. The van der Waals surface area contributed by atoms with E-state index in [0.29, 0.717) is 29.0 Å². The monoisotopic (exact) mass is 571 g/mol. The van der Waals surface area contributed by atoms with Crippen molar-refractivity contribution in [2.24, 2.45) is 11.8 Å². The second kappa shape index (κ2) is 11.2. The molecule has 2 fully saturated rings. The molecular weight excluding hydrogens is 542 g/mol. The van der Waals surface area contributed by atoms with Gasteiger partial charge in [0.15, 0.2) is 5.78 Å². The molecule has 11 heteroatoms. The Morgan fingerprint density at radius 1 is 1.00 bits per heavy atom. The van der Waals surface area contributed by atoms with Crippen molar-refractivity contribution >= 4 is 34.9 Å². The van der Waals surface area contributed by atoms with Gasteiger partial charge in [-0.2, -0.15) is 0 Å². The van der Waals surface area contributed by atoms with E-state index in [0.717, 1.165) is 11.3 Å². The van der Waals surface area contributed by atoms with Crippen LogP contribution in [0.15, 0.2) is 72.8 Å². The van der Waals surface area contributed by atoms with Crippen LogP contribution in [0.3, 0.4) is 0 Å². The number of hydrogen-bond acceptors (Lipinski definition) is 8. The highest BCUT2D eigenvalue weighted by Crippen LogP contribution is 2.51. The van der Waals surface area contributed by atoms with E-state index in [9.17, 15) is 34.4 Å². The number of nitro benzene ring substituents is 1. The topological polar surface area (TPSA) is 156 Å². The van der Waals surface area contributed by atoms with Gasteiger partial charge in [0.2, 0.25) is 11.8 Å². The number of nitrogens with one attached hydrogen (secondary N) is 1. The van der Waals surface area contributed by atoms with Crippen molar-refractivity contribution in [3.8, 4) is 5.75 Å². The fourth-order valence-electron chi connectivity index (χ4n) is 5.87. The number of rotatable bonds is 10. The number of amides is 2. The van der Waals surface area contributed by atoms with Gasteiger partial charge in [-0.15, -0.1) is 0 Å². The van der Waals surface area contributed by atoms with Gasteiger partial charge in [0.05, 0.1) is 29.1 Å². The summed E-state index contributed by atoms with van der Waals surface area (Å²) in [6, 6.07) is 17.6. The van der Waals surface area contributed by atoms with Crippen LogP contribution in [0.25, 0.3) is 0 Å². The number of anilines is 1. The fraction of sp³-hybridized carbons (Fsp3) is 0.290. The molecular formula is C31H29N3O8. The molecule has 0 spiro atoms. The molecule has 4 unspecified atom stereocenters. The number of benzene rings is 3. The number of imide groups is 1. The predicted molar refractivity (Wildman–Crippen MR) is 151 cm³/mol. The summed E-state index contributed by atoms with van der Waals surface area (Å²) in [7, 11) is 0. The number of ether oxygens (including phenoxy) is 1. The molecule has 0 aromatic heterocycles. The van der Waals surface area contributed by atoms with Gasteiger partial charge >= 0.3 is 5.97 Å². The first-order chi connectivity index (χ1) is 20.1. The zero-order valence-electron chi connectivity index (χ0n) is 23.0. The summed E-state index contributed by atoms with van der Waals surface area (Å²) >= 11 is 0. The van der Waals surface area contributed by atoms with Gasteiger partial charge in [-0.25, -0.2) is 4.90 Å². The van der Waals surface area contributed by atoms with E-state index >= 15 is 0 Å². The van der Waals surface area contributed by atoms with Gasteiger partial charge < -0.3 is 9.84 Å². The molecule has 4 atom stereocenters. The lowest BCUT2D eigenvalue weighted by molar-refractivity contribution is -0.384. The Kier molecular flexibility index (Phi) is 7.61. The van der Waals surface area contributed by atoms with Gasteiger partial charge in [0.1, 0.15) is 11.3 Å². The molecule has 0 saturated carbocycles. The number of carboxylic acid groups (broad SMARTS) is 1. The second-order valence-corrected chi connectivity index (χ2v) is 10.5. The molecule has 11 nitrogen and oxygen atoms in total. The van der Waals surface area contributed by atoms with Crippen LogP contribution in [0.4, 0.5) is 11.4 Å². The average molecular weight is 572 g/mol. The van der Waals surface area contributed by atoms with E-state index in [-0.39, 0.29) is 23.6 Å². The van der Waals surface area contributed by atoms with Crippen molar-refractivity contribution in [1.82, 2.24) is 5.32 Å². The lowest BCUT2D eigenvalue weighted by atomic mass is 9.76. The number of nitrogens with zero attached hydrogens (tertiary/aromatic N) is 2. The maximum Gasteiger partial charge on any atom is 0.325 e. The van der Waals surface area contributed by atoms with E-state index in [1.807, 2.05) is 6.92 Å². The lowest BCUT2D eigenvalue weighted by Gasteiger charge is -2.31. The third kappa shape index (κ3) is 4.92. The lowest BCUT2D eigenvalue weighted by Crippen LogP contribution is -2.57. The number of hydrogen-bond donors (Lipinski definition) is 2. The predicted octanol–water partition coefficient (Wildman–Crippen LogP) is 4.10. The number of nitro groups is 1. The van der Waals surface area contributed by atoms with E-state index in [1.54, 1.807) is 24.3 Å². The normalized spacial score (nSPS) is 23.1. The summed E-state index contributed by atoms with van der Waals surface area (Å²) in [5.74, 6) is -4.46. The van der Waals surface area contributed by atoms with Gasteiger partial charge in [-0.05, 0) is 60.9 Å². The molecule has 3 aromatic rings. The molecule has 5 rings (SSSR count). The Bertz CT molecular complexity index is 1550. The minimum Gasteiger partial charge on any atom is -0.494 e. The Labute approximate surface area is 241 Å². The molecule has 3 aromatic carbocycles. The number of carboxylic acids is 1. The van der Waals surface area contributed by atoms with Crippen molar-refractivity contribution in [3.63, 3.8) is 0 Å². The summed E-state index contributed by atoms with van der Waals surface area (Å²) < 4.78 is 5.67. The molecule has 0 aliphatic carbocycles. The van der Waals surface area contributed by atoms with Crippen LogP contribution in [0.5, 0.6) is 5.75 Å². The van der Waals surface area contributed by atoms with Crippen molar-refractivity contribution < 1.29 is 33.9 Å². The van der Waals surface area contributed by atoms with E-state index < -0.39 is 46.1 Å². The average Bonchev–Trinajstić information content (AvgIpc) is 3.46. The van der Waals surface area contributed by atoms with Gasteiger partial charge in [-0.3, -0.25) is 34.6 Å². The molecule has 2 saturated heterocycles. The van der Waals surface area contributed by atoms with Gasteiger partial charge in [-0.1, -0.05) is 31.2 Å². The van der Waals surface area contributed by atoms with Crippen LogP contribution in [0, 0.1) is 22.0 Å². The molecule has 2 aliphatic rings. The molecule has 0 radical (unpaired) electrons. The number of non-ortho nitro benzene ring substituents is 1. The first-order valence-electron chi connectivity index (χ1n) is 13.5. The molecule has 2 aliphatic heterocycles. The summed E-state index contributed by atoms with van der Waals surface area (Å²) in [6.45, 7) is 3.91. The van der Waals surface area contributed by atoms with Gasteiger partial charge in [0, 0.05) is 30.2 Å². The van der Waals surface area contributed by atoms with Crippen LogP contribution in [-0.4, -0.2) is 45.7 Å². The number of Topliss-reactive ketones (excluding diaryl/α,β-unsaturated/α-hetero) is 1. The minimum absolute atomic E-state index is 0.157.